The van der Waals surface area contributed by atoms with E-state index in [-0.39, 0.29) is 23.3 Å². The molecule has 0 radical (unpaired) electrons. The first-order valence-electron chi connectivity index (χ1n) is 8.27. The van der Waals surface area contributed by atoms with Crippen LogP contribution in [-0.4, -0.2) is 14.5 Å². The van der Waals surface area contributed by atoms with Gasteiger partial charge in [-0.3, -0.25) is 4.31 Å². The van der Waals surface area contributed by atoms with E-state index in [9.17, 15) is 8.42 Å². The summed E-state index contributed by atoms with van der Waals surface area (Å²) in [7, 11) is -3.45. The molecular weight excluding hydrogens is 306 g/mol. The molecule has 2 aliphatic heterocycles. The second-order valence-electron chi connectivity index (χ2n) is 7.72. The van der Waals surface area contributed by atoms with Gasteiger partial charge in [-0.25, -0.2) is 8.42 Å². The molecule has 0 spiro atoms. The number of anilines is 1. The zero-order valence-electron chi connectivity index (χ0n) is 14.1. The Kier molecular flexibility index (Phi) is 2.94. The maximum atomic E-state index is 13.4. The van der Waals surface area contributed by atoms with Crippen LogP contribution in [0.25, 0.3) is 0 Å². The highest BCUT2D eigenvalue weighted by atomic mass is 32.2. The van der Waals surface area contributed by atoms with Crippen LogP contribution in [-0.2, 0) is 10.0 Å². The van der Waals surface area contributed by atoms with Crippen LogP contribution < -0.4 is 4.31 Å². The third kappa shape index (κ3) is 1.78. The lowest BCUT2D eigenvalue weighted by Gasteiger charge is -2.51. The molecule has 1 aliphatic carbocycles. The first-order valence-corrected chi connectivity index (χ1v) is 9.71. The van der Waals surface area contributed by atoms with E-state index in [1.807, 2.05) is 24.3 Å². The van der Waals surface area contributed by atoms with Crippen molar-refractivity contribution in [3.8, 4) is 0 Å². The Bertz CT molecular complexity index is 848. The number of para-hydroxylation sites is 1. The molecule has 23 heavy (non-hydrogen) atoms. The molecule has 1 aromatic rings. The highest BCUT2D eigenvalue weighted by Crippen LogP contribution is 2.58. The van der Waals surface area contributed by atoms with Crippen molar-refractivity contribution in [1.82, 2.24) is 0 Å². The van der Waals surface area contributed by atoms with Gasteiger partial charge in [-0.1, -0.05) is 56.7 Å². The molecule has 122 valence electrons. The van der Waals surface area contributed by atoms with Crippen molar-refractivity contribution in [2.24, 2.45) is 11.3 Å². The molecule has 1 aromatic carbocycles. The summed E-state index contributed by atoms with van der Waals surface area (Å²) in [5.41, 5.74) is 3.13. The summed E-state index contributed by atoms with van der Waals surface area (Å²) in [5.74, 6) is 0.174. The average Bonchev–Trinajstić information content (AvgIpc) is 2.81. The highest BCUT2D eigenvalue weighted by Gasteiger charge is 2.58. The normalized spacial score (nSPS) is 33.2. The third-order valence-corrected chi connectivity index (χ3v) is 7.85. The Morgan fingerprint density at radius 2 is 1.91 bits per heavy atom. The zero-order chi connectivity index (χ0) is 16.6. The lowest BCUT2D eigenvalue weighted by Crippen LogP contribution is -2.57. The van der Waals surface area contributed by atoms with Gasteiger partial charge in [0, 0.05) is 11.8 Å². The summed E-state index contributed by atoms with van der Waals surface area (Å²) in [4.78, 5) is 0.591. The maximum Gasteiger partial charge on any atom is 0.261 e. The van der Waals surface area contributed by atoms with Crippen LogP contribution in [0.2, 0.25) is 0 Å². The van der Waals surface area contributed by atoms with Gasteiger partial charge < -0.3 is 0 Å². The van der Waals surface area contributed by atoms with Crippen molar-refractivity contribution >= 4 is 15.7 Å². The Balaban J connectivity index is 1.99. The van der Waals surface area contributed by atoms with Crippen LogP contribution in [0.4, 0.5) is 5.69 Å². The third-order valence-electron chi connectivity index (χ3n) is 5.89. The van der Waals surface area contributed by atoms with Gasteiger partial charge in [0.1, 0.15) is 0 Å². The fourth-order valence-electron chi connectivity index (χ4n) is 4.79. The lowest BCUT2D eigenvalue weighted by molar-refractivity contribution is 0.210. The van der Waals surface area contributed by atoms with Gasteiger partial charge in [0.15, 0.2) is 0 Å². The summed E-state index contributed by atoms with van der Waals surface area (Å²) in [5, 5.41) is 0. The second kappa shape index (κ2) is 4.50. The van der Waals surface area contributed by atoms with E-state index >= 15 is 0 Å². The molecule has 0 amide bonds. The summed E-state index contributed by atoms with van der Waals surface area (Å²) in [6.45, 7) is 8.69. The number of rotatable bonds is 0. The van der Waals surface area contributed by atoms with Crippen LogP contribution in [0.1, 0.15) is 45.6 Å². The van der Waals surface area contributed by atoms with Crippen LogP contribution >= 0.6 is 0 Å². The summed E-state index contributed by atoms with van der Waals surface area (Å²) < 4.78 is 28.4. The molecule has 3 aliphatic rings. The van der Waals surface area contributed by atoms with Crippen molar-refractivity contribution in [3.05, 3.63) is 52.5 Å². The van der Waals surface area contributed by atoms with Crippen LogP contribution in [0.3, 0.4) is 0 Å². The van der Waals surface area contributed by atoms with Gasteiger partial charge in [0.05, 0.1) is 16.6 Å². The Morgan fingerprint density at radius 3 is 2.65 bits per heavy atom. The summed E-state index contributed by atoms with van der Waals surface area (Å²) in [6.07, 6.45) is 4.84. The first kappa shape index (κ1) is 15.0. The molecule has 4 rings (SSSR count). The molecule has 3 nitrogen and oxygen atoms in total. The predicted molar refractivity (Wildman–Crippen MR) is 93.8 cm³/mol. The molecule has 1 unspecified atom stereocenters. The van der Waals surface area contributed by atoms with E-state index in [1.165, 1.54) is 5.57 Å². The van der Waals surface area contributed by atoms with Crippen molar-refractivity contribution in [1.29, 1.82) is 0 Å². The molecule has 0 bridgehead atoms. The lowest BCUT2D eigenvalue weighted by atomic mass is 9.67. The molecule has 0 N–H and O–H groups in total. The summed E-state index contributed by atoms with van der Waals surface area (Å²) >= 11 is 0. The van der Waals surface area contributed by atoms with Gasteiger partial charge in [-0.2, -0.15) is 0 Å². The molecule has 1 saturated heterocycles. The average molecular weight is 329 g/mol. The van der Waals surface area contributed by atoms with Crippen molar-refractivity contribution in [2.45, 2.75) is 46.1 Å². The number of hydrogen-bond acceptors (Lipinski definition) is 2. The van der Waals surface area contributed by atoms with Crippen LogP contribution in [0.5, 0.6) is 0 Å². The molecule has 0 aromatic heterocycles. The van der Waals surface area contributed by atoms with Gasteiger partial charge in [0.2, 0.25) is 0 Å². The first-order chi connectivity index (χ1) is 10.8. The monoisotopic (exact) mass is 329 g/mol. The second-order valence-corrected chi connectivity index (χ2v) is 9.53. The number of hydrogen-bond donors (Lipinski definition) is 0. The SMILES string of the molecule is CC1=C[C@@H]2C(=CC1)S(=O)(=O)N1c3ccccc3C(C)[C@@H]1C2(C)C. The van der Waals surface area contributed by atoms with Crippen molar-refractivity contribution in [2.75, 3.05) is 4.31 Å². The van der Waals surface area contributed by atoms with E-state index in [4.69, 9.17) is 0 Å². The van der Waals surface area contributed by atoms with E-state index in [2.05, 4.69) is 39.8 Å². The van der Waals surface area contributed by atoms with Crippen LogP contribution in [0.15, 0.2) is 46.9 Å². The largest absolute Gasteiger partial charge is 0.262 e. The van der Waals surface area contributed by atoms with Crippen molar-refractivity contribution < 1.29 is 8.42 Å². The number of sulfonamides is 1. The number of fused-ring (bicyclic) bond motifs is 4. The van der Waals surface area contributed by atoms with Gasteiger partial charge in [-0.05, 0) is 30.4 Å². The minimum atomic E-state index is -3.45. The predicted octanol–water partition coefficient (Wildman–Crippen LogP) is 4.20. The summed E-state index contributed by atoms with van der Waals surface area (Å²) in [6, 6.07) is 7.92. The Labute approximate surface area is 138 Å². The number of benzene rings is 1. The van der Waals surface area contributed by atoms with E-state index in [0.717, 1.165) is 17.7 Å². The van der Waals surface area contributed by atoms with Gasteiger partial charge in [-0.15, -0.1) is 0 Å². The minimum Gasteiger partial charge on any atom is -0.262 e. The van der Waals surface area contributed by atoms with Gasteiger partial charge in [0.25, 0.3) is 10.0 Å². The van der Waals surface area contributed by atoms with Gasteiger partial charge >= 0.3 is 0 Å². The fourth-order valence-corrected chi connectivity index (χ4v) is 7.18. The Morgan fingerprint density at radius 1 is 1.22 bits per heavy atom. The molecule has 4 heteroatoms. The van der Waals surface area contributed by atoms with E-state index in [1.54, 1.807) is 4.31 Å². The molecule has 1 fully saturated rings. The van der Waals surface area contributed by atoms with Crippen molar-refractivity contribution in [3.63, 3.8) is 0 Å². The number of nitrogens with zero attached hydrogens (tertiary/aromatic N) is 1. The fraction of sp³-hybridized carbons (Fsp3) is 0.474. The minimum absolute atomic E-state index is 0.0285. The van der Waals surface area contributed by atoms with E-state index < -0.39 is 10.0 Å². The smallest absolute Gasteiger partial charge is 0.261 e. The standard InChI is InChI=1S/C19H23NO2S/c1-12-9-10-17-15(11-12)19(3,4)18-13(2)14-7-5-6-8-16(14)20(18)23(17,21)22/h5-8,10-11,13,15,18H,9H2,1-4H3/t13?,15-,18-/m1/s1. The number of allylic oxidation sites excluding steroid dienone is 4. The quantitative estimate of drug-likeness (QED) is 0.669. The van der Waals surface area contributed by atoms with Crippen LogP contribution in [0, 0.1) is 11.3 Å². The topological polar surface area (TPSA) is 37.4 Å². The Hall–Kier alpha value is -1.55. The molecule has 3 atom stereocenters. The van der Waals surface area contributed by atoms with E-state index in [0.29, 0.717) is 4.91 Å². The zero-order valence-corrected chi connectivity index (χ0v) is 14.9. The molecule has 2 heterocycles. The molecular formula is C19H23NO2S. The highest BCUT2D eigenvalue weighted by molar-refractivity contribution is 7.96. The molecule has 0 saturated carbocycles. The maximum absolute atomic E-state index is 13.4.